The van der Waals surface area contributed by atoms with Crippen molar-refractivity contribution in [2.24, 2.45) is 0 Å². The summed E-state index contributed by atoms with van der Waals surface area (Å²) in [6.07, 6.45) is 10.8. The fourth-order valence-electron chi connectivity index (χ4n) is 7.80. The average molecular weight is 795 g/mol. The third-order valence-electron chi connectivity index (χ3n) is 11.1. The molecule has 0 amide bonds. The van der Waals surface area contributed by atoms with Gasteiger partial charge < -0.3 is 19.3 Å². The fraction of sp³-hybridized carbons (Fsp3) is 0.0877. The molecule has 0 unspecified atom stereocenters. The molecule has 4 nitrogen and oxygen atoms in total. The summed E-state index contributed by atoms with van der Waals surface area (Å²) in [6, 6.07) is 64.3. The molecule has 0 saturated heterocycles. The van der Waals surface area contributed by atoms with Gasteiger partial charge in [0.2, 0.25) is 0 Å². The van der Waals surface area contributed by atoms with Crippen LogP contribution in [-0.4, -0.2) is 14.2 Å². The van der Waals surface area contributed by atoms with Gasteiger partial charge in [-0.1, -0.05) is 145 Å². The van der Waals surface area contributed by atoms with Crippen molar-refractivity contribution in [2.45, 2.75) is 20.8 Å². The number of methoxy groups -OCH3 is 2. The number of nitrogens with zero attached hydrogens (tertiary/aromatic N) is 2. The Morgan fingerprint density at radius 2 is 0.951 bits per heavy atom. The van der Waals surface area contributed by atoms with E-state index in [0.29, 0.717) is 0 Å². The third kappa shape index (κ3) is 9.05. The molecule has 8 aromatic carbocycles. The third-order valence-corrected chi connectivity index (χ3v) is 11.1. The Hall–Kier alpha value is -7.56. The highest BCUT2D eigenvalue weighted by atomic mass is 16.5. The van der Waals surface area contributed by atoms with Gasteiger partial charge in [-0.25, -0.2) is 0 Å². The molecule has 0 radical (unpaired) electrons. The molecule has 0 heterocycles. The summed E-state index contributed by atoms with van der Waals surface area (Å²) in [5, 5.41) is 2.33. The van der Waals surface area contributed by atoms with Crippen LogP contribution in [0.25, 0.3) is 28.5 Å². The zero-order valence-corrected chi connectivity index (χ0v) is 35.4. The molecular weight excluding hydrogens is 745 g/mol. The lowest BCUT2D eigenvalue weighted by molar-refractivity contribution is 0.414. The minimum Gasteiger partial charge on any atom is -0.497 e. The minimum atomic E-state index is 0.833. The second kappa shape index (κ2) is 18.6. The standard InChI is InChI=1S/C57H50N2O2/c1-41-24-29-48(30-25-41)58(40-54(45-17-8-6-9-18-45)46-19-10-7-11-20-46)49-31-26-44(27-32-49)16-12-13-21-47-28-35-57(53-23-15-14-22-52(47)53)59(55-36-33-50(60-4)38-42(55)2)56-37-34-51(61-5)39-43(56)3/h6-40H,1-5H3/b16-12+,21-13+. The van der Waals surface area contributed by atoms with Gasteiger partial charge >= 0.3 is 0 Å². The van der Waals surface area contributed by atoms with E-state index in [2.05, 4.69) is 231 Å². The van der Waals surface area contributed by atoms with Crippen LogP contribution in [0.1, 0.15) is 38.9 Å². The number of aryl methyl sites for hydroxylation is 3. The molecule has 0 aliphatic carbocycles. The van der Waals surface area contributed by atoms with E-state index in [0.717, 1.165) is 84.3 Å². The minimum absolute atomic E-state index is 0.833. The maximum Gasteiger partial charge on any atom is 0.119 e. The molecule has 0 atom stereocenters. The molecule has 0 aliphatic rings. The molecule has 0 N–H and O–H groups in total. The van der Waals surface area contributed by atoms with Crippen LogP contribution in [0.2, 0.25) is 0 Å². The molecule has 8 rings (SSSR count). The topological polar surface area (TPSA) is 24.9 Å². The van der Waals surface area contributed by atoms with Gasteiger partial charge in [-0.2, -0.15) is 0 Å². The van der Waals surface area contributed by atoms with Gasteiger partial charge in [0.05, 0.1) is 19.9 Å². The van der Waals surface area contributed by atoms with Crippen LogP contribution in [0, 0.1) is 20.8 Å². The first-order valence-corrected chi connectivity index (χ1v) is 20.6. The molecule has 0 bridgehead atoms. The van der Waals surface area contributed by atoms with Crippen molar-refractivity contribution >= 4 is 56.9 Å². The van der Waals surface area contributed by atoms with Crippen molar-refractivity contribution in [2.75, 3.05) is 24.0 Å². The van der Waals surface area contributed by atoms with Crippen molar-refractivity contribution in [3.05, 3.63) is 239 Å². The first-order chi connectivity index (χ1) is 29.9. The second-order valence-corrected chi connectivity index (χ2v) is 15.1. The van der Waals surface area contributed by atoms with Gasteiger partial charge in [-0.05, 0) is 126 Å². The fourth-order valence-corrected chi connectivity index (χ4v) is 7.80. The van der Waals surface area contributed by atoms with Crippen molar-refractivity contribution < 1.29 is 9.47 Å². The van der Waals surface area contributed by atoms with E-state index >= 15 is 0 Å². The number of rotatable bonds is 13. The van der Waals surface area contributed by atoms with Crippen molar-refractivity contribution in [3.63, 3.8) is 0 Å². The normalized spacial score (nSPS) is 11.2. The zero-order chi connectivity index (χ0) is 42.1. The van der Waals surface area contributed by atoms with E-state index in [1.165, 1.54) is 10.9 Å². The summed E-state index contributed by atoms with van der Waals surface area (Å²) in [7, 11) is 3.41. The average Bonchev–Trinajstić information content (AvgIpc) is 3.30. The Morgan fingerprint density at radius 1 is 0.459 bits per heavy atom. The molecule has 300 valence electrons. The molecule has 0 spiro atoms. The van der Waals surface area contributed by atoms with Crippen LogP contribution in [0.5, 0.6) is 11.5 Å². The van der Waals surface area contributed by atoms with Gasteiger partial charge in [0.1, 0.15) is 11.5 Å². The monoisotopic (exact) mass is 794 g/mol. The largest absolute Gasteiger partial charge is 0.497 e. The van der Waals surface area contributed by atoms with Crippen LogP contribution in [0.3, 0.4) is 0 Å². The number of allylic oxidation sites excluding steroid dienone is 2. The van der Waals surface area contributed by atoms with E-state index in [1.807, 2.05) is 12.1 Å². The van der Waals surface area contributed by atoms with Crippen LogP contribution in [0.4, 0.5) is 28.4 Å². The van der Waals surface area contributed by atoms with Crippen LogP contribution >= 0.6 is 0 Å². The highest BCUT2D eigenvalue weighted by Crippen LogP contribution is 2.44. The molecule has 4 heteroatoms. The Morgan fingerprint density at radius 3 is 1.49 bits per heavy atom. The predicted octanol–water partition coefficient (Wildman–Crippen LogP) is 15.2. The Balaban J connectivity index is 1.10. The van der Waals surface area contributed by atoms with E-state index in [-0.39, 0.29) is 0 Å². The first kappa shape index (κ1) is 40.2. The summed E-state index contributed by atoms with van der Waals surface area (Å²) in [5.41, 5.74) is 14.6. The maximum atomic E-state index is 5.58. The van der Waals surface area contributed by atoms with Crippen LogP contribution in [-0.2, 0) is 0 Å². The van der Waals surface area contributed by atoms with Crippen molar-refractivity contribution in [1.29, 1.82) is 0 Å². The molecule has 8 aromatic rings. The Kier molecular flexibility index (Phi) is 12.2. The molecular formula is C57H50N2O2. The van der Waals surface area contributed by atoms with Crippen LogP contribution < -0.4 is 19.3 Å². The smallest absolute Gasteiger partial charge is 0.119 e. The highest BCUT2D eigenvalue weighted by molar-refractivity contribution is 6.03. The lowest BCUT2D eigenvalue weighted by Gasteiger charge is -2.30. The molecule has 0 aromatic heterocycles. The van der Waals surface area contributed by atoms with Crippen LogP contribution in [0.15, 0.2) is 200 Å². The van der Waals surface area contributed by atoms with Gasteiger partial charge in [-0.15, -0.1) is 0 Å². The summed E-state index contributed by atoms with van der Waals surface area (Å²) >= 11 is 0. The van der Waals surface area contributed by atoms with E-state index in [1.54, 1.807) is 14.2 Å². The highest BCUT2D eigenvalue weighted by Gasteiger charge is 2.20. The number of hydrogen-bond acceptors (Lipinski definition) is 4. The van der Waals surface area contributed by atoms with E-state index < -0.39 is 0 Å². The Labute approximate surface area is 360 Å². The maximum absolute atomic E-state index is 5.58. The van der Waals surface area contributed by atoms with Gasteiger partial charge in [0.15, 0.2) is 0 Å². The van der Waals surface area contributed by atoms with Crippen molar-refractivity contribution in [1.82, 2.24) is 0 Å². The van der Waals surface area contributed by atoms with Gasteiger partial charge in [0.25, 0.3) is 0 Å². The summed E-state index contributed by atoms with van der Waals surface area (Å²) in [4.78, 5) is 4.63. The summed E-state index contributed by atoms with van der Waals surface area (Å²) < 4.78 is 11.2. The van der Waals surface area contributed by atoms with Crippen molar-refractivity contribution in [3.8, 4) is 11.5 Å². The lowest BCUT2D eigenvalue weighted by atomic mass is 9.98. The number of anilines is 5. The molecule has 0 fully saturated rings. The lowest BCUT2D eigenvalue weighted by Crippen LogP contribution is -2.13. The SMILES string of the molecule is COc1ccc(N(c2ccc(OC)cc2C)c2ccc(/C=C/C=C/c3ccc(N(C=C(c4ccccc4)c4ccccc4)c4ccc(C)cc4)cc3)c3ccccc23)c(C)c1. The summed E-state index contributed by atoms with van der Waals surface area (Å²) in [6.45, 7) is 6.39. The number of benzene rings is 8. The number of hydrogen-bond donors (Lipinski definition) is 0. The number of ether oxygens (including phenoxy) is 2. The quantitative estimate of drug-likeness (QED) is 0.109. The Bertz CT molecular complexity index is 2750. The zero-order valence-electron chi connectivity index (χ0n) is 35.4. The predicted molar refractivity (Wildman–Crippen MR) is 259 cm³/mol. The molecule has 0 aliphatic heterocycles. The second-order valence-electron chi connectivity index (χ2n) is 15.1. The van der Waals surface area contributed by atoms with E-state index in [9.17, 15) is 0 Å². The first-order valence-electron chi connectivity index (χ1n) is 20.6. The van der Waals surface area contributed by atoms with Gasteiger partial charge in [0, 0.05) is 39.9 Å². The molecule has 0 saturated carbocycles. The van der Waals surface area contributed by atoms with E-state index in [4.69, 9.17) is 9.47 Å². The summed E-state index contributed by atoms with van der Waals surface area (Å²) in [5.74, 6) is 1.67. The molecule has 61 heavy (non-hydrogen) atoms. The van der Waals surface area contributed by atoms with Gasteiger partial charge in [-0.3, -0.25) is 0 Å². The number of fused-ring (bicyclic) bond motifs is 1.